The molecule has 3 aromatic carbocycles. The summed E-state index contributed by atoms with van der Waals surface area (Å²) < 4.78 is 13.6. The van der Waals surface area contributed by atoms with Gasteiger partial charge in [0.05, 0.1) is 35.5 Å². The predicted octanol–water partition coefficient (Wildman–Crippen LogP) is 5.69. The van der Waals surface area contributed by atoms with Gasteiger partial charge in [-0.05, 0) is 42.8 Å². The number of carbonyl (C=O) groups excluding carboxylic acids is 1. The fourth-order valence-electron chi connectivity index (χ4n) is 4.57. The second-order valence-electron chi connectivity index (χ2n) is 8.32. The molecular weight excluding hydrogens is 450 g/mol. The monoisotopic (exact) mass is 475 g/mol. The van der Waals surface area contributed by atoms with Crippen molar-refractivity contribution in [3.8, 4) is 11.5 Å². The van der Waals surface area contributed by atoms with Gasteiger partial charge in [-0.1, -0.05) is 48.0 Å². The smallest absolute Gasteiger partial charge is 0.227 e. The van der Waals surface area contributed by atoms with E-state index in [0.29, 0.717) is 24.6 Å². The summed E-state index contributed by atoms with van der Waals surface area (Å²) in [5, 5.41) is 0.582. The van der Waals surface area contributed by atoms with Crippen LogP contribution in [0.25, 0.3) is 11.0 Å². The number of ether oxygens (including phenoxy) is 2. The minimum atomic E-state index is -0.00805. The Bertz CT molecular complexity index is 1320. The average Bonchev–Trinajstić information content (AvgIpc) is 3.43. The fraction of sp³-hybridized carbons (Fsp3) is 0.259. The van der Waals surface area contributed by atoms with E-state index in [1.165, 1.54) is 0 Å². The molecule has 0 spiro atoms. The molecule has 0 unspecified atom stereocenters. The largest absolute Gasteiger partial charge is 0.493 e. The van der Waals surface area contributed by atoms with E-state index in [9.17, 15) is 4.79 Å². The second-order valence-corrected chi connectivity index (χ2v) is 8.73. The number of hydrogen-bond acceptors (Lipinski definition) is 4. The number of rotatable bonds is 8. The molecule has 1 saturated heterocycles. The maximum absolute atomic E-state index is 12.9. The van der Waals surface area contributed by atoms with Gasteiger partial charge in [0, 0.05) is 25.4 Å². The van der Waals surface area contributed by atoms with Crippen LogP contribution in [0.15, 0.2) is 72.8 Å². The average molecular weight is 476 g/mol. The first-order valence-corrected chi connectivity index (χ1v) is 11.8. The van der Waals surface area contributed by atoms with Crippen LogP contribution in [0.2, 0.25) is 5.02 Å². The number of nitrogens with zero attached hydrogens (tertiary/aromatic N) is 3. The number of aryl methyl sites for hydroxylation is 1. The summed E-state index contributed by atoms with van der Waals surface area (Å²) in [5.41, 5.74) is 2.76. The van der Waals surface area contributed by atoms with Gasteiger partial charge in [-0.2, -0.15) is 0 Å². The lowest BCUT2D eigenvalue weighted by atomic mass is 10.1. The van der Waals surface area contributed by atoms with Gasteiger partial charge in [-0.3, -0.25) is 4.79 Å². The normalized spacial score (nSPS) is 15.8. The number of methoxy groups -OCH3 is 1. The summed E-state index contributed by atoms with van der Waals surface area (Å²) >= 11 is 6.38. The van der Waals surface area contributed by atoms with E-state index in [2.05, 4.69) is 10.6 Å². The standard InChI is InChI=1S/C27H26ClN3O3/c1-33-24-13-6-7-14-25(24)34-16-8-15-30-23-12-5-3-10-21(23)29-27(30)19-17-26(32)31(18-19)22-11-4-2-9-20(22)28/h2-7,9-14,19H,8,15-18H2,1H3/t19-/m1/s1. The molecule has 7 heteroatoms. The first-order chi connectivity index (χ1) is 16.7. The van der Waals surface area contributed by atoms with Crippen molar-refractivity contribution in [3.05, 3.63) is 83.6 Å². The Morgan fingerprint density at radius 3 is 2.56 bits per heavy atom. The van der Waals surface area contributed by atoms with Gasteiger partial charge in [-0.15, -0.1) is 0 Å². The Labute approximate surface area is 203 Å². The minimum absolute atomic E-state index is 0.00805. The van der Waals surface area contributed by atoms with Gasteiger partial charge in [-0.25, -0.2) is 4.98 Å². The van der Waals surface area contributed by atoms with Crippen molar-refractivity contribution >= 4 is 34.2 Å². The second kappa shape index (κ2) is 9.77. The van der Waals surface area contributed by atoms with Crippen LogP contribution in [0.4, 0.5) is 5.69 Å². The number of carbonyl (C=O) groups is 1. The SMILES string of the molecule is COc1ccccc1OCCCn1c([C@@H]2CC(=O)N(c3ccccc3Cl)C2)nc2ccccc21. The summed E-state index contributed by atoms with van der Waals surface area (Å²) in [7, 11) is 1.64. The zero-order valence-corrected chi connectivity index (χ0v) is 19.7. The van der Waals surface area contributed by atoms with Gasteiger partial charge < -0.3 is 18.9 Å². The highest BCUT2D eigenvalue weighted by Gasteiger charge is 2.35. The summed E-state index contributed by atoms with van der Waals surface area (Å²) in [4.78, 5) is 19.6. The Kier molecular flexibility index (Phi) is 6.41. The molecule has 5 rings (SSSR count). The molecule has 0 bridgehead atoms. The Hall–Kier alpha value is -3.51. The predicted molar refractivity (Wildman–Crippen MR) is 134 cm³/mol. The van der Waals surface area contributed by atoms with E-state index >= 15 is 0 Å². The number of hydrogen-bond donors (Lipinski definition) is 0. The van der Waals surface area contributed by atoms with Crippen molar-refractivity contribution in [3.63, 3.8) is 0 Å². The first-order valence-electron chi connectivity index (χ1n) is 11.4. The highest BCUT2D eigenvalue weighted by Crippen LogP contribution is 2.36. The van der Waals surface area contributed by atoms with Crippen LogP contribution in [-0.2, 0) is 11.3 Å². The van der Waals surface area contributed by atoms with Crippen LogP contribution in [0.3, 0.4) is 0 Å². The van der Waals surface area contributed by atoms with Crippen molar-refractivity contribution in [2.24, 2.45) is 0 Å². The number of halogens is 1. The summed E-state index contributed by atoms with van der Waals surface area (Å²) in [6.07, 6.45) is 1.20. The third kappa shape index (κ3) is 4.33. The highest BCUT2D eigenvalue weighted by atomic mass is 35.5. The van der Waals surface area contributed by atoms with E-state index in [0.717, 1.165) is 47.0 Å². The van der Waals surface area contributed by atoms with Crippen LogP contribution in [0, 0.1) is 0 Å². The fourth-order valence-corrected chi connectivity index (χ4v) is 4.81. The molecule has 174 valence electrons. The topological polar surface area (TPSA) is 56.6 Å². The summed E-state index contributed by atoms with van der Waals surface area (Å²) in [6.45, 7) is 1.84. The molecule has 1 atom stereocenters. The van der Waals surface area contributed by atoms with Crippen molar-refractivity contribution < 1.29 is 14.3 Å². The maximum Gasteiger partial charge on any atom is 0.227 e. The van der Waals surface area contributed by atoms with Gasteiger partial charge in [0.2, 0.25) is 5.91 Å². The zero-order chi connectivity index (χ0) is 23.5. The summed E-state index contributed by atoms with van der Waals surface area (Å²) in [6, 6.07) is 23.2. The summed E-state index contributed by atoms with van der Waals surface area (Å²) in [5.74, 6) is 2.45. The molecule has 0 saturated carbocycles. The number of amides is 1. The molecule has 0 radical (unpaired) electrons. The molecule has 1 aromatic heterocycles. The third-order valence-electron chi connectivity index (χ3n) is 6.17. The number of anilines is 1. The number of fused-ring (bicyclic) bond motifs is 1. The van der Waals surface area contributed by atoms with E-state index in [4.69, 9.17) is 26.1 Å². The third-order valence-corrected chi connectivity index (χ3v) is 6.49. The van der Waals surface area contributed by atoms with Crippen LogP contribution in [0.5, 0.6) is 11.5 Å². The van der Waals surface area contributed by atoms with E-state index in [1.807, 2.05) is 66.7 Å². The maximum atomic E-state index is 12.9. The van der Waals surface area contributed by atoms with E-state index < -0.39 is 0 Å². The van der Waals surface area contributed by atoms with Crippen LogP contribution >= 0.6 is 11.6 Å². The molecule has 0 N–H and O–H groups in total. The van der Waals surface area contributed by atoms with Crippen LogP contribution in [0.1, 0.15) is 24.6 Å². The molecule has 0 aliphatic carbocycles. The van der Waals surface area contributed by atoms with Crippen molar-refractivity contribution in [1.82, 2.24) is 9.55 Å². The Balaban J connectivity index is 1.35. The quantitative estimate of drug-likeness (QED) is 0.307. The Morgan fingerprint density at radius 1 is 1.00 bits per heavy atom. The molecule has 1 amide bonds. The van der Waals surface area contributed by atoms with Gasteiger partial charge in [0.25, 0.3) is 0 Å². The Morgan fingerprint density at radius 2 is 1.74 bits per heavy atom. The minimum Gasteiger partial charge on any atom is -0.493 e. The lowest BCUT2D eigenvalue weighted by Crippen LogP contribution is -2.24. The van der Waals surface area contributed by atoms with Crippen molar-refractivity contribution in [2.75, 3.05) is 25.2 Å². The molecule has 1 fully saturated rings. The lowest BCUT2D eigenvalue weighted by Gasteiger charge is -2.18. The van der Waals surface area contributed by atoms with Crippen molar-refractivity contribution in [2.45, 2.75) is 25.3 Å². The number of para-hydroxylation sites is 5. The molecule has 4 aromatic rings. The first kappa shape index (κ1) is 22.3. The van der Waals surface area contributed by atoms with E-state index in [1.54, 1.807) is 12.0 Å². The number of benzene rings is 3. The highest BCUT2D eigenvalue weighted by molar-refractivity contribution is 6.33. The zero-order valence-electron chi connectivity index (χ0n) is 19.0. The van der Waals surface area contributed by atoms with Gasteiger partial charge in [0.15, 0.2) is 11.5 Å². The number of imidazole rings is 1. The molecule has 2 heterocycles. The van der Waals surface area contributed by atoms with E-state index in [-0.39, 0.29) is 11.8 Å². The molecule has 1 aliphatic rings. The van der Waals surface area contributed by atoms with Gasteiger partial charge in [0.1, 0.15) is 5.82 Å². The molecular formula is C27H26ClN3O3. The van der Waals surface area contributed by atoms with Crippen LogP contribution < -0.4 is 14.4 Å². The molecule has 34 heavy (non-hydrogen) atoms. The molecule has 1 aliphatic heterocycles. The van der Waals surface area contributed by atoms with Crippen LogP contribution in [-0.4, -0.2) is 35.7 Å². The number of aromatic nitrogens is 2. The van der Waals surface area contributed by atoms with Gasteiger partial charge >= 0.3 is 0 Å². The van der Waals surface area contributed by atoms with Crippen molar-refractivity contribution in [1.29, 1.82) is 0 Å². The lowest BCUT2D eigenvalue weighted by molar-refractivity contribution is -0.117. The molecule has 6 nitrogen and oxygen atoms in total.